The Morgan fingerprint density at radius 2 is 2.19 bits per heavy atom. The summed E-state index contributed by atoms with van der Waals surface area (Å²) in [6, 6.07) is 5.92. The second-order valence-electron chi connectivity index (χ2n) is 6.13. The molecule has 3 N–H and O–H groups in total. The highest BCUT2D eigenvalue weighted by atomic mass is 16.5. The van der Waals surface area contributed by atoms with E-state index >= 15 is 0 Å². The molecule has 1 fully saturated rings. The van der Waals surface area contributed by atoms with E-state index in [2.05, 4.69) is 17.6 Å². The fraction of sp³-hybridized carbons (Fsp3) is 0.562. The number of benzene rings is 1. The summed E-state index contributed by atoms with van der Waals surface area (Å²) in [6.45, 7) is 2.74. The van der Waals surface area contributed by atoms with Gasteiger partial charge in [0.05, 0.1) is 11.3 Å². The van der Waals surface area contributed by atoms with E-state index in [1.807, 2.05) is 18.2 Å². The van der Waals surface area contributed by atoms with E-state index in [-0.39, 0.29) is 18.6 Å². The summed E-state index contributed by atoms with van der Waals surface area (Å²) < 4.78 is 5.36. The first kappa shape index (κ1) is 14.4. The second kappa shape index (κ2) is 5.66. The zero-order valence-corrected chi connectivity index (χ0v) is 12.3. The quantitative estimate of drug-likeness (QED) is 0.793. The van der Waals surface area contributed by atoms with Crippen molar-refractivity contribution in [2.24, 2.45) is 0 Å². The second-order valence-corrected chi connectivity index (χ2v) is 6.13. The van der Waals surface area contributed by atoms with Crippen LogP contribution in [0.2, 0.25) is 0 Å². The monoisotopic (exact) mass is 290 g/mol. The molecule has 1 aromatic rings. The molecule has 1 unspecified atom stereocenters. The van der Waals surface area contributed by atoms with Crippen LogP contribution in [0.5, 0.6) is 5.75 Å². The average molecular weight is 290 g/mol. The molecule has 1 aliphatic carbocycles. The number of anilines is 1. The maximum absolute atomic E-state index is 11.4. The molecule has 1 heterocycles. The molecule has 1 aromatic carbocycles. The molecule has 0 aromatic heterocycles. The highest BCUT2D eigenvalue weighted by Crippen LogP contribution is 2.32. The Hall–Kier alpha value is -1.59. The van der Waals surface area contributed by atoms with E-state index in [1.165, 1.54) is 0 Å². The van der Waals surface area contributed by atoms with Gasteiger partial charge in [-0.15, -0.1) is 0 Å². The predicted molar refractivity (Wildman–Crippen MR) is 80.4 cm³/mol. The average Bonchev–Trinajstić information content (AvgIpc) is 2.91. The van der Waals surface area contributed by atoms with Crippen LogP contribution in [-0.4, -0.2) is 29.8 Å². The first-order chi connectivity index (χ1) is 10.1. The van der Waals surface area contributed by atoms with Crippen molar-refractivity contribution < 1.29 is 14.6 Å². The first-order valence-corrected chi connectivity index (χ1v) is 7.58. The predicted octanol–water partition coefficient (Wildman–Crippen LogP) is 1.97. The van der Waals surface area contributed by atoms with Crippen LogP contribution in [0, 0.1) is 0 Å². The van der Waals surface area contributed by atoms with Crippen molar-refractivity contribution in [2.75, 3.05) is 18.5 Å². The van der Waals surface area contributed by atoms with E-state index in [1.54, 1.807) is 0 Å². The molecule has 0 bridgehead atoms. The van der Waals surface area contributed by atoms with Crippen molar-refractivity contribution in [1.82, 2.24) is 5.32 Å². The summed E-state index contributed by atoms with van der Waals surface area (Å²) in [4.78, 5) is 11.4. The molecule has 1 amide bonds. The molecular formula is C16H22N2O3. The lowest BCUT2D eigenvalue weighted by Crippen LogP contribution is -2.39. The van der Waals surface area contributed by atoms with Crippen LogP contribution in [0.3, 0.4) is 0 Å². The summed E-state index contributed by atoms with van der Waals surface area (Å²) in [5, 5.41) is 16.6. The molecule has 0 radical (unpaired) electrons. The van der Waals surface area contributed by atoms with Gasteiger partial charge in [0.15, 0.2) is 6.61 Å². The third kappa shape index (κ3) is 3.19. The smallest absolute Gasteiger partial charge is 0.262 e. The third-order valence-electron chi connectivity index (χ3n) is 4.41. The molecule has 114 valence electrons. The van der Waals surface area contributed by atoms with E-state index in [9.17, 15) is 9.90 Å². The summed E-state index contributed by atoms with van der Waals surface area (Å²) in [7, 11) is 0. The Morgan fingerprint density at radius 1 is 1.43 bits per heavy atom. The van der Waals surface area contributed by atoms with Crippen molar-refractivity contribution in [3.05, 3.63) is 23.8 Å². The van der Waals surface area contributed by atoms with Crippen LogP contribution < -0.4 is 15.4 Å². The fourth-order valence-electron chi connectivity index (χ4n) is 3.04. The summed E-state index contributed by atoms with van der Waals surface area (Å²) in [5.74, 6) is 0.584. The van der Waals surface area contributed by atoms with Crippen molar-refractivity contribution in [1.29, 1.82) is 0 Å². The summed E-state index contributed by atoms with van der Waals surface area (Å²) >= 11 is 0. The van der Waals surface area contributed by atoms with Crippen LogP contribution in [0.1, 0.15) is 44.2 Å². The zero-order valence-electron chi connectivity index (χ0n) is 12.3. The zero-order chi connectivity index (χ0) is 14.9. The molecule has 1 saturated carbocycles. The largest absolute Gasteiger partial charge is 0.482 e. The highest BCUT2D eigenvalue weighted by molar-refractivity contribution is 5.95. The topological polar surface area (TPSA) is 70.6 Å². The molecule has 0 spiro atoms. The number of hydrogen-bond acceptors (Lipinski definition) is 4. The number of rotatable bonds is 4. The highest BCUT2D eigenvalue weighted by Gasteiger charge is 2.31. The summed E-state index contributed by atoms with van der Waals surface area (Å²) in [5.41, 5.74) is 1.23. The Bertz CT molecular complexity index is 538. The van der Waals surface area contributed by atoms with Crippen molar-refractivity contribution in [2.45, 2.75) is 44.2 Å². The SMILES string of the molecule is CC(NCC1(O)CCCC1)c1ccc2c(c1)NC(=O)CO2. The lowest BCUT2D eigenvalue weighted by Gasteiger charge is -2.26. The maximum Gasteiger partial charge on any atom is 0.262 e. The Morgan fingerprint density at radius 3 is 2.95 bits per heavy atom. The van der Waals surface area contributed by atoms with Gasteiger partial charge >= 0.3 is 0 Å². The molecular weight excluding hydrogens is 268 g/mol. The number of carbonyl (C=O) groups excluding carboxylic acids is 1. The van der Waals surface area contributed by atoms with Crippen LogP contribution in [-0.2, 0) is 4.79 Å². The van der Waals surface area contributed by atoms with Gasteiger partial charge < -0.3 is 20.5 Å². The van der Waals surface area contributed by atoms with Crippen LogP contribution >= 0.6 is 0 Å². The van der Waals surface area contributed by atoms with Gasteiger partial charge in [-0.1, -0.05) is 18.9 Å². The normalized spacial score (nSPS) is 21.3. The van der Waals surface area contributed by atoms with Crippen LogP contribution in [0.4, 0.5) is 5.69 Å². The van der Waals surface area contributed by atoms with Crippen molar-refractivity contribution >= 4 is 11.6 Å². The number of aliphatic hydroxyl groups is 1. The minimum atomic E-state index is -0.556. The molecule has 0 saturated heterocycles. The van der Waals surface area contributed by atoms with Gasteiger partial charge in [0, 0.05) is 12.6 Å². The van der Waals surface area contributed by atoms with Gasteiger partial charge in [-0.25, -0.2) is 0 Å². The van der Waals surface area contributed by atoms with Gasteiger partial charge in [0.25, 0.3) is 5.91 Å². The molecule has 21 heavy (non-hydrogen) atoms. The number of ether oxygens (including phenoxy) is 1. The van der Waals surface area contributed by atoms with Gasteiger partial charge in [-0.05, 0) is 37.5 Å². The van der Waals surface area contributed by atoms with E-state index < -0.39 is 5.60 Å². The number of carbonyl (C=O) groups is 1. The maximum atomic E-state index is 11.4. The van der Waals surface area contributed by atoms with Crippen LogP contribution in [0.25, 0.3) is 0 Å². The van der Waals surface area contributed by atoms with E-state index in [0.29, 0.717) is 12.3 Å². The Labute approximate surface area is 124 Å². The Kier molecular flexibility index (Phi) is 3.87. The lowest BCUT2D eigenvalue weighted by atomic mass is 10.0. The fourth-order valence-corrected chi connectivity index (χ4v) is 3.04. The standard InChI is InChI=1S/C16H22N2O3/c1-11(17-10-16(20)6-2-3-7-16)12-4-5-14-13(8-12)18-15(19)9-21-14/h4-5,8,11,17,20H,2-3,6-7,9-10H2,1H3,(H,18,19). The van der Waals surface area contributed by atoms with Gasteiger partial charge in [-0.2, -0.15) is 0 Å². The van der Waals surface area contributed by atoms with Gasteiger partial charge in [0.2, 0.25) is 0 Å². The Balaban J connectivity index is 1.66. The summed E-state index contributed by atoms with van der Waals surface area (Å²) in [6.07, 6.45) is 3.96. The number of hydrogen-bond donors (Lipinski definition) is 3. The molecule has 1 atom stereocenters. The minimum Gasteiger partial charge on any atom is -0.482 e. The van der Waals surface area contributed by atoms with E-state index in [0.717, 1.165) is 36.9 Å². The lowest BCUT2D eigenvalue weighted by molar-refractivity contribution is -0.118. The van der Waals surface area contributed by atoms with Crippen LogP contribution in [0.15, 0.2) is 18.2 Å². The molecule has 1 aliphatic heterocycles. The van der Waals surface area contributed by atoms with Crippen molar-refractivity contribution in [3.63, 3.8) is 0 Å². The number of amides is 1. The molecule has 2 aliphatic rings. The van der Waals surface area contributed by atoms with Gasteiger partial charge in [0.1, 0.15) is 5.75 Å². The molecule has 3 rings (SSSR count). The minimum absolute atomic E-state index is 0.0766. The number of fused-ring (bicyclic) bond motifs is 1. The third-order valence-corrected chi connectivity index (χ3v) is 4.41. The van der Waals surface area contributed by atoms with E-state index in [4.69, 9.17) is 4.74 Å². The van der Waals surface area contributed by atoms with Crippen molar-refractivity contribution in [3.8, 4) is 5.75 Å². The number of nitrogens with one attached hydrogen (secondary N) is 2. The molecule has 5 nitrogen and oxygen atoms in total. The first-order valence-electron chi connectivity index (χ1n) is 7.58. The molecule has 5 heteroatoms. The van der Waals surface area contributed by atoms with Gasteiger partial charge in [-0.3, -0.25) is 4.79 Å².